The first kappa shape index (κ1) is 27.2. The average molecular weight is 538 g/mol. The molecule has 3 N–H and O–H groups in total. The number of rotatable bonds is 9. The number of carbonyl (C=O) groups is 1. The van der Waals surface area contributed by atoms with Gasteiger partial charge < -0.3 is 25.8 Å². The summed E-state index contributed by atoms with van der Waals surface area (Å²) in [6.45, 7) is 2.89. The third-order valence-electron chi connectivity index (χ3n) is 6.74. The van der Waals surface area contributed by atoms with E-state index in [1.54, 1.807) is 24.7 Å². The molecule has 1 saturated heterocycles. The summed E-state index contributed by atoms with van der Waals surface area (Å²) < 4.78 is 0. The minimum Gasteiger partial charge on any atom is -0.367 e. The Balaban J connectivity index is 1.30. The summed E-state index contributed by atoms with van der Waals surface area (Å²) in [6, 6.07) is 13.9. The number of pyridine rings is 2. The lowest BCUT2D eigenvalue weighted by Gasteiger charge is -2.29. The van der Waals surface area contributed by atoms with Crippen LogP contribution in [-0.2, 0) is 4.79 Å². The zero-order chi connectivity index (χ0) is 27.9. The molecule has 1 aliphatic rings. The maximum absolute atomic E-state index is 12.3. The molecule has 0 saturated carbocycles. The monoisotopic (exact) mass is 537 g/mol. The molecule has 0 unspecified atom stereocenters. The van der Waals surface area contributed by atoms with Gasteiger partial charge in [0.2, 0.25) is 11.9 Å². The molecule has 0 radical (unpaired) electrons. The zero-order valence-electron chi connectivity index (χ0n) is 23.1. The molecule has 0 atom stereocenters. The van der Waals surface area contributed by atoms with Gasteiger partial charge in [-0.3, -0.25) is 9.78 Å². The van der Waals surface area contributed by atoms with Crippen molar-refractivity contribution in [3.63, 3.8) is 0 Å². The van der Waals surface area contributed by atoms with Crippen LogP contribution < -0.4 is 16.0 Å². The van der Waals surface area contributed by atoms with Crippen LogP contribution in [0.15, 0.2) is 73.2 Å². The Morgan fingerprint density at radius 2 is 1.90 bits per heavy atom. The number of nitrogens with zero attached hydrogens (tertiary/aromatic N) is 6. The third-order valence-corrected chi connectivity index (χ3v) is 6.74. The van der Waals surface area contributed by atoms with Gasteiger partial charge in [0.1, 0.15) is 5.82 Å². The lowest BCUT2D eigenvalue weighted by atomic mass is 10.1. The van der Waals surface area contributed by atoms with Crippen LogP contribution in [0.1, 0.15) is 12.8 Å². The van der Waals surface area contributed by atoms with E-state index < -0.39 is 0 Å². The Morgan fingerprint density at radius 3 is 2.67 bits per heavy atom. The highest BCUT2D eigenvalue weighted by Crippen LogP contribution is 2.28. The van der Waals surface area contributed by atoms with Crippen molar-refractivity contribution < 1.29 is 4.79 Å². The number of hydrogen-bond acceptors (Lipinski definition) is 9. The summed E-state index contributed by atoms with van der Waals surface area (Å²) >= 11 is 0. The van der Waals surface area contributed by atoms with Crippen LogP contribution in [-0.4, -0.2) is 82.5 Å². The molecule has 0 aliphatic carbocycles. The first-order chi connectivity index (χ1) is 19.4. The topological polar surface area (TPSA) is 111 Å². The third kappa shape index (κ3) is 7.16. The Kier molecular flexibility index (Phi) is 8.58. The lowest BCUT2D eigenvalue weighted by Crippen LogP contribution is -2.36. The Labute approximate surface area is 234 Å². The minimum absolute atomic E-state index is 0.188. The average Bonchev–Trinajstić information content (AvgIpc) is 2.95. The first-order valence-electron chi connectivity index (χ1n) is 13.5. The fourth-order valence-corrected chi connectivity index (χ4v) is 4.58. The zero-order valence-corrected chi connectivity index (χ0v) is 23.1. The van der Waals surface area contributed by atoms with Crippen molar-refractivity contribution in [2.75, 3.05) is 56.7 Å². The van der Waals surface area contributed by atoms with Gasteiger partial charge in [0.05, 0.1) is 23.1 Å². The van der Waals surface area contributed by atoms with E-state index in [9.17, 15) is 4.79 Å². The van der Waals surface area contributed by atoms with Crippen molar-refractivity contribution in [2.24, 2.45) is 0 Å². The number of fused-ring (bicyclic) bond motifs is 1. The molecule has 206 valence electrons. The Bertz CT molecular complexity index is 1480. The van der Waals surface area contributed by atoms with Crippen molar-refractivity contribution in [2.45, 2.75) is 18.9 Å². The predicted octanol–water partition coefficient (Wildman–Crippen LogP) is 4.39. The van der Waals surface area contributed by atoms with Crippen LogP contribution >= 0.6 is 0 Å². The molecule has 3 aromatic heterocycles. The van der Waals surface area contributed by atoms with Crippen molar-refractivity contribution in [3.05, 3.63) is 73.2 Å². The van der Waals surface area contributed by atoms with Crippen molar-refractivity contribution in [1.29, 1.82) is 0 Å². The highest BCUT2D eigenvalue weighted by molar-refractivity contribution is 6.00. The number of hydrogen-bond donors (Lipinski definition) is 3. The number of likely N-dealkylation sites (N-methyl/N-ethyl adjacent to an activating group) is 1. The van der Waals surface area contributed by atoms with Gasteiger partial charge in [-0.1, -0.05) is 24.3 Å². The number of para-hydroxylation sites is 1. The SMILES string of the molecule is CN(C)CC=CC(=O)Nc1ccnc(-c2cccc3cnc(Nc4ccc(NC5CCN(C)CC5)nc4)nc23)c1. The Hall–Kier alpha value is -4.41. The van der Waals surface area contributed by atoms with Crippen molar-refractivity contribution in [3.8, 4) is 11.3 Å². The largest absolute Gasteiger partial charge is 0.367 e. The van der Waals surface area contributed by atoms with E-state index in [0.717, 1.165) is 53.9 Å². The van der Waals surface area contributed by atoms with E-state index in [-0.39, 0.29) is 5.91 Å². The van der Waals surface area contributed by atoms with Gasteiger partial charge in [0, 0.05) is 47.7 Å². The molecule has 10 heteroatoms. The van der Waals surface area contributed by atoms with E-state index in [2.05, 4.69) is 42.8 Å². The number of anilines is 4. The summed E-state index contributed by atoms with van der Waals surface area (Å²) in [7, 11) is 6.06. The molecular formula is C30H35N9O. The van der Waals surface area contributed by atoms with Crippen LogP contribution in [0.4, 0.5) is 23.1 Å². The second-order valence-corrected chi connectivity index (χ2v) is 10.3. The van der Waals surface area contributed by atoms with Gasteiger partial charge in [-0.05, 0) is 71.3 Å². The summed E-state index contributed by atoms with van der Waals surface area (Å²) in [6.07, 6.45) is 10.8. The maximum atomic E-state index is 12.3. The molecule has 1 fully saturated rings. The minimum atomic E-state index is -0.188. The molecule has 0 bridgehead atoms. The fraction of sp³-hybridized carbons (Fsp3) is 0.300. The molecule has 4 aromatic rings. The predicted molar refractivity (Wildman–Crippen MR) is 161 cm³/mol. The molecule has 0 spiro atoms. The lowest BCUT2D eigenvalue weighted by molar-refractivity contribution is -0.111. The number of likely N-dealkylation sites (tertiary alicyclic amines) is 1. The van der Waals surface area contributed by atoms with E-state index in [0.29, 0.717) is 29.9 Å². The van der Waals surface area contributed by atoms with Crippen molar-refractivity contribution in [1.82, 2.24) is 29.7 Å². The number of benzene rings is 1. The van der Waals surface area contributed by atoms with Crippen LogP contribution in [0, 0.1) is 0 Å². The van der Waals surface area contributed by atoms with Gasteiger partial charge in [0.15, 0.2) is 0 Å². The smallest absolute Gasteiger partial charge is 0.248 e. The number of piperidine rings is 1. The van der Waals surface area contributed by atoms with Gasteiger partial charge in [-0.2, -0.15) is 0 Å². The molecule has 1 amide bonds. The number of nitrogens with one attached hydrogen (secondary N) is 3. The first-order valence-corrected chi connectivity index (χ1v) is 13.5. The second kappa shape index (κ2) is 12.6. The molecule has 1 aromatic carbocycles. The number of aromatic nitrogens is 4. The van der Waals surface area contributed by atoms with Crippen molar-refractivity contribution >= 4 is 40.0 Å². The van der Waals surface area contributed by atoms with Gasteiger partial charge in [-0.15, -0.1) is 0 Å². The molecule has 10 nitrogen and oxygen atoms in total. The van der Waals surface area contributed by atoms with E-state index in [4.69, 9.17) is 4.98 Å². The van der Waals surface area contributed by atoms with E-state index in [1.807, 2.05) is 61.5 Å². The highest BCUT2D eigenvalue weighted by atomic mass is 16.1. The Morgan fingerprint density at radius 1 is 1.05 bits per heavy atom. The standard InChI is InChI=1S/C30H35N9O/c1-38(2)15-5-8-28(40)35-23-11-14-31-26(18-23)25-7-4-6-21-19-33-30(37-29(21)25)36-24-9-10-27(32-20-24)34-22-12-16-39(3)17-13-22/h4-11,14,18-20,22H,12-13,15-17H2,1-3H3,(H,32,34)(H,31,35,40)(H,33,36,37). The maximum Gasteiger partial charge on any atom is 0.248 e. The quantitative estimate of drug-likeness (QED) is 0.268. The fourth-order valence-electron chi connectivity index (χ4n) is 4.58. The molecule has 5 rings (SSSR count). The number of carbonyl (C=O) groups excluding carboxylic acids is 1. The summed E-state index contributed by atoms with van der Waals surface area (Å²) in [5.41, 5.74) is 3.77. The summed E-state index contributed by atoms with van der Waals surface area (Å²) in [4.78, 5) is 35.1. The van der Waals surface area contributed by atoms with Crippen LogP contribution in [0.5, 0.6) is 0 Å². The summed E-state index contributed by atoms with van der Waals surface area (Å²) in [5, 5.41) is 10.6. The second-order valence-electron chi connectivity index (χ2n) is 10.3. The van der Waals surface area contributed by atoms with E-state index >= 15 is 0 Å². The number of amides is 1. The highest BCUT2D eigenvalue weighted by Gasteiger charge is 2.16. The molecule has 1 aliphatic heterocycles. The van der Waals surface area contributed by atoms with Crippen LogP contribution in [0.3, 0.4) is 0 Å². The molecular weight excluding hydrogens is 502 g/mol. The van der Waals surface area contributed by atoms with Gasteiger partial charge in [0.25, 0.3) is 0 Å². The summed E-state index contributed by atoms with van der Waals surface area (Å²) in [5.74, 6) is 1.15. The molecule has 4 heterocycles. The van der Waals surface area contributed by atoms with Gasteiger partial charge in [-0.25, -0.2) is 15.0 Å². The van der Waals surface area contributed by atoms with Crippen LogP contribution in [0.2, 0.25) is 0 Å². The van der Waals surface area contributed by atoms with E-state index in [1.165, 1.54) is 6.08 Å². The van der Waals surface area contributed by atoms with Gasteiger partial charge >= 0.3 is 0 Å². The molecule has 40 heavy (non-hydrogen) atoms. The normalized spacial score (nSPS) is 14.6. The van der Waals surface area contributed by atoms with Crippen LogP contribution in [0.25, 0.3) is 22.2 Å².